The largest absolute Gasteiger partial charge is 0.387 e. The molecule has 1 aromatic heterocycles. The highest BCUT2D eigenvalue weighted by molar-refractivity contribution is 14.0. The van der Waals surface area contributed by atoms with Crippen LogP contribution in [0, 0.1) is 5.92 Å². The van der Waals surface area contributed by atoms with Crippen molar-refractivity contribution in [2.75, 3.05) is 31.9 Å². The van der Waals surface area contributed by atoms with Gasteiger partial charge in [0.05, 0.1) is 24.5 Å². The average molecular weight is 507 g/mol. The van der Waals surface area contributed by atoms with Gasteiger partial charge >= 0.3 is 0 Å². The van der Waals surface area contributed by atoms with Gasteiger partial charge < -0.3 is 19.9 Å². The van der Waals surface area contributed by atoms with E-state index in [-0.39, 0.29) is 24.0 Å². The van der Waals surface area contributed by atoms with E-state index in [2.05, 4.69) is 46.7 Å². The van der Waals surface area contributed by atoms with E-state index in [1.807, 2.05) is 24.3 Å². The fourth-order valence-electron chi connectivity index (χ4n) is 3.95. The zero-order valence-corrected chi connectivity index (χ0v) is 19.8. The Morgan fingerprint density at radius 3 is 2.81 bits per heavy atom. The fourth-order valence-corrected chi connectivity index (χ4v) is 5.14. The normalized spacial score (nSPS) is 31.2. The van der Waals surface area contributed by atoms with E-state index in [1.165, 1.54) is 0 Å². The van der Waals surface area contributed by atoms with Gasteiger partial charge in [-0.25, -0.2) is 4.98 Å². The van der Waals surface area contributed by atoms with Crippen LogP contribution in [0.1, 0.15) is 46.1 Å². The number of guanidine groups is 1. The molecule has 27 heavy (non-hydrogen) atoms. The summed E-state index contributed by atoms with van der Waals surface area (Å²) in [5.41, 5.74) is -0.631. The van der Waals surface area contributed by atoms with Crippen LogP contribution in [-0.2, 0) is 0 Å². The minimum Gasteiger partial charge on any atom is -0.387 e. The van der Waals surface area contributed by atoms with E-state index in [9.17, 15) is 5.11 Å². The van der Waals surface area contributed by atoms with Gasteiger partial charge in [0.15, 0.2) is 5.96 Å². The third-order valence-electron chi connectivity index (χ3n) is 5.77. The number of halogens is 1. The van der Waals surface area contributed by atoms with Crippen molar-refractivity contribution in [3.05, 3.63) is 18.7 Å². The first-order chi connectivity index (χ1) is 12.6. The number of thioether (sulfide) groups is 1. The number of piperidine rings is 1. The van der Waals surface area contributed by atoms with E-state index in [0.717, 1.165) is 50.6 Å². The van der Waals surface area contributed by atoms with E-state index in [0.29, 0.717) is 23.8 Å². The zero-order valence-electron chi connectivity index (χ0n) is 16.7. The number of aliphatic hydroxyl groups is 1. The molecule has 4 atom stereocenters. The van der Waals surface area contributed by atoms with Gasteiger partial charge in [0.2, 0.25) is 0 Å². The molecule has 6 nitrogen and oxygen atoms in total. The average Bonchev–Trinajstić information content (AvgIpc) is 3.17. The van der Waals surface area contributed by atoms with Crippen molar-refractivity contribution in [3.63, 3.8) is 0 Å². The first-order valence-electron chi connectivity index (χ1n) is 9.92. The second kappa shape index (κ2) is 10.3. The van der Waals surface area contributed by atoms with E-state index in [4.69, 9.17) is 4.99 Å². The molecule has 0 amide bonds. The van der Waals surface area contributed by atoms with Gasteiger partial charge in [-0.05, 0) is 37.9 Å². The van der Waals surface area contributed by atoms with Crippen molar-refractivity contribution < 1.29 is 5.11 Å². The molecule has 1 aliphatic carbocycles. The van der Waals surface area contributed by atoms with E-state index < -0.39 is 5.60 Å². The molecular formula is C19H34IN5OS. The summed E-state index contributed by atoms with van der Waals surface area (Å²) in [7, 11) is 0. The van der Waals surface area contributed by atoms with Gasteiger partial charge in [-0.2, -0.15) is 11.8 Å². The fraction of sp³-hybridized carbons (Fsp3) is 0.789. The molecule has 1 saturated heterocycles. The molecule has 0 radical (unpaired) electrons. The summed E-state index contributed by atoms with van der Waals surface area (Å²) in [4.78, 5) is 11.4. The number of hydrogen-bond acceptors (Lipinski definition) is 4. The Morgan fingerprint density at radius 1 is 1.41 bits per heavy atom. The van der Waals surface area contributed by atoms with Crippen LogP contribution in [0.25, 0.3) is 0 Å². The summed E-state index contributed by atoms with van der Waals surface area (Å²) in [6.07, 6.45) is 8.92. The maximum Gasteiger partial charge on any atom is 0.194 e. The minimum absolute atomic E-state index is 0. The number of aromatic nitrogens is 2. The topological polar surface area (TPSA) is 65.7 Å². The molecule has 0 spiro atoms. The minimum atomic E-state index is -0.631. The molecule has 8 heteroatoms. The first kappa shape index (κ1) is 22.8. The number of likely N-dealkylation sites (tertiary alicyclic amines) is 1. The van der Waals surface area contributed by atoms with Crippen molar-refractivity contribution >= 4 is 41.7 Å². The number of hydrogen-bond donors (Lipinski definition) is 2. The second-order valence-electron chi connectivity index (χ2n) is 7.55. The Balaban J connectivity index is 0.00000261. The molecule has 2 fully saturated rings. The molecule has 4 unspecified atom stereocenters. The molecule has 0 aromatic carbocycles. The molecule has 2 heterocycles. The van der Waals surface area contributed by atoms with Gasteiger partial charge in [0.1, 0.15) is 0 Å². The van der Waals surface area contributed by atoms with Crippen LogP contribution >= 0.6 is 35.7 Å². The third kappa shape index (κ3) is 5.32. The lowest BCUT2D eigenvalue weighted by molar-refractivity contribution is -0.0157. The Hall–Kier alpha value is -0.480. The molecule has 2 aliphatic rings. The highest BCUT2D eigenvalue weighted by Gasteiger charge is 2.45. The molecule has 3 rings (SSSR count). The Morgan fingerprint density at radius 2 is 2.22 bits per heavy atom. The molecule has 1 aromatic rings. The lowest BCUT2D eigenvalue weighted by atomic mass is 9.79. The zero-order chi connectivity index (χ0) is 18.6. The van der Waals surface area contributed by atoms with Crippen LogP contribution in [0.2, 0.25) is 0 Å². The Kier molecular flexibility index (Phi) is 8.73. The van der Waals surface area contributed by atoms with Gasteiger partial charge in [-0.1, -0.05) is 13.8 Å². The van der Waals surface area contributed by atoms with Gasteiger partial charge in [0, 0.05) is 37.3 Å². The molecule has 1 saturated carbocycles. The summed E-state index contributed by atoms with van der Waals surface area (Å²) in [5, 5.41) is 14.6. The van der Waals surface area contributed by atoms with Crippen LogP contribution in [0.4, 0.5) is 0 Å². The third-order valence-corrected chi connectivity index (χ3v) is 7.18. The second-order valence-corrected chi connectivity index (χ2v) is 9.03. The highest BCUT2D eigenvalue weighted by Crippen LogP contribution is 2.41. The molecule has 154 valence electrons. The highest BCUT2D eigenvalue weighted by atomic mass is 127. The van der Waals surface area contributed by atoms with Crippen molar-refractivity contribution in [2.45, 2.75) is 56.9 Å². The van der Waals surface area contributed by atoms with Gasteiger partial charge in [-0.3, -0.25) is 4.99 Å². The van der Waals surface area contributed by atoms with Gasteiger partial charge in [-0.15, -0.1) is 24.0 Å². The van der Waals surface area contributed by atoms with Crippen LogP contribution < -0.4 is 5.32 Å². The van der Waals surface area contributed by atoms with Gasteiger partial charge in [0.25, 0.3) is 0 Å². The smallest absolute Gasteiger partial charge is 0.194 e. The summed E-state index contributed by atoms with van der Waals surface area (Å²) in [6.45, 7) is 9.83. The lowest BCUT2D eigenvalue weighted by Gasteiger charge is -2.44. The van der Waals surface area contributed by atoms with E-state index >= 15 is 0 Å². The maximum absolute atomic E-state index is 10.9. The van der Waals surface area contributed by atoms with E-state index in [1.54, 1.807) is 0 Å². The maximum atomic E-state index is 10.9. The number of nitrogens with one attached hydrogen (secondary N) is 1. The Labute approximate surface area is 184 Å². The number of imidazole rings is 1. The Bertz CT molecular complexity index is 599. The summed E-state index contributed by atoms with van der Waals surface area (Å²) in [5.74, 6) is 2.60. The summed E-state index contributed by atoms with van der Waals surface area (Å²) >= 11 is 1.86. The predicted octanol–water partition coefficient (Wildman–Crippen LogP) is 3.00. The molecule has 0 bridgehead atoms. The van der Waals surface area contributed by atoms with Crippen molar-refractivity contribution in [2.24, 2.45) is 10.9 Å². The van der Waals surface area contributed by atoms with Crippen LogP contribution in [0.5, 0.6) is 0 Å². The van der Waals surface area contributed by atoms with Crippen molar-refractivity contribution in [3.8, 4) is 0 Å². The SMILES string of the molecule is CCNC(=NCC1(O)CCC1SCC)N1CCC(C)C(n2ccnc2)C1.I. The van der Waals surface area contributed by atoms with Crippen molar-refractivity contribution in [1.82, 2.24) is 19.8 Å². The molecule has 2 N–H and O–H groups in total. The first-order valence-corrected chi connectivity index (χ1v) is 11.0. The quantitative estimate of drug-likeness (QED) is 0.352. The number of aliphatic imine (C=N–C) groups is 1. The standard InChI is InChI=1S/C19H33N5OS.HI/c1-4-21-18(22-13-19(25)8-6-17(19)26-5-2)23-10-7-15(3)16(12-23)24-11-9-20-14-24;/h9,11,14-17,25H,4-8,10,12-13H2,1-3H3,(H,21,22);1H. The van der Waals surface area contributed by atoms with Crippen molar-refractivity contribution in [1.29, 1.82) is 0 Å². The number of nitrogens with zero attached hydrogens (tertiary/aromatic N) is 4. The summed E-state index contributed by atoms with van der Waals surface area (Å²) in [6, 6.07) is 0.408. The van der Waals surface area contributed by atoms with Crippen LogP contribution in [0.15, 0.2) is 23.7 Å². The predicted molar refractivity (Wildman–Crippen MR) is 124 cm³/mol. The monoisotopic (exact) mass is 507 g/mol. The van der Waals surface area contributed by atoms with Crippen LogP contribution in [0.3, 0.4) is 0 Å². The lowest BCUT2D eigenvalue weighted by Crippen LogP contribution is -2.54. The molecular weight excluding hydrogens is 473 g/mol. The molecule has 1 aliphatic heterocycles. The number of rotatable bonds is 6. The van der Waals surface area contributed by atoms with Crippen LogP contribution in [-0.4, -0.2) is 68.3 Å². The summed E-state index contributed by atoms with van der Waals surface area (Å²) < 4.78 is 2.22.